The van der Waals surface area contributed by atoms with E-state index >= 15 is 0 Å². The van der Waals surface area contributed by atoms with Crippen molar-refractivity contribution >= 4 is 34.1 Å². The summed E-state index contributed by atoms with van der Waals surface area (Å²) >= 11 is 0. The van der Waals surface area contributed by atoms with E-state index in [2.05, 4.69) is 26.1 Å². The molecule has 1 aromatic heterocycles. The minimum absolute atomic E-state index is 0.141. The first kappa shape index (κ1) is 17.1. The molecule has 0 atom stereocenters. The highest BCUT2D eigenvalue weighted by atomic mass is 16.2. The highest BCUT2D eigenvalue weighted by Crippen LogP contribution is 2.25. The van der Waals surface area contributed by atoms with Crippen LogP contribution in [0.4, 0.5) is 11.4 Å². The van der Waals surface area contributed by atoms with Crippen molar-refractivity contribution in [3.63, 3.8) is 0 Å². The van der Waals surface area contributed by atoms with Crippen molar-refractivity contribution in [1.82, 2.24) is 15.5 Å². The lowest BCUT2D eigenvalue weighted by molar-refractivity contribution is -0.116. The Kier molecular flexibility index (Phi) is 4.74. The molecule has 0 spiro atoms. The number of amides is 2. The minimum atomic E-state index is -0.293. The van der Waals surface area contributed by atoms with E-state index in [1.165, 1.54) is 5.56 Å². The Morgan fingerprint density at radius 1 is 1.15 bits per heavy atom. The Balaban J connectivity index is 1.30. The molecule has 3 aromatic rings. The molecule has 0 unspecified atom stereocenters. The van der Waals surface area contributed by atoms with Crippen LogP contribution in [0, 0.1) is 0 Å². The third-order valence-corrected chi connectivity index (χ3v) is 4.66. The number of para-hydroxylation sites is 1. The van der Waals surface area contributed by atoms with E-state index in [0.717, 1.165) is 41.7 Å². The molecule has 138 valence electrons. The zero-order valence-electron chi connectivity index (χ0n) is 14.8. The van der Waals surface area contributed by atoms with Crippen LogP contribution in [0.25, 0.3) is 10.9 Å². The first-order valence-corrected chi connectivity index (χ1v) is 9.09. The maximum Gasteiger partial charge on any atom is 0.272 e. The second kappa shape index (κ2) is 7.49. The Hall–Kier alpha value is -3.35. The molecular weight excluding hydrogens is 342 g/mol. The maximum atomic E-state index is 12.3. The van der Waals surface area contributed by atoms with Gasteiger partial charge in [-0.1, -0.05) is 24.3 Å². The Labute approximate surface area is 156 Å². The summed E-state index contributed by atoms with van der Waals surface area (Å²) in [6, 6.07) is 13.4. The van der Waals surface area contributed by atoms with E-state index < -0.39 is 0 Å². The van der Waals surface area contributed by atoms with Crippen molar-refractivity contribution in [1.29, 1.82) is 0 Å². The van der Waals surface area contributed by atoms with Gasteiger partial charge in [-0.25, -0.2) is 0 Å². The van der Waals surface area contributed by atoms with Crippen LogP contribution in [-0.4, -0.2) is 35.1 Å². The summed E-state index contributed by atoms with van der Waals surface area (Å²) in [7, 11) is 0. The molecule has 0 saturated carbocycles. The van der Waals surface area contributed by atoms with Gasteiger partial charge in [-0.15, -0.1) is 0 Å². The van der Waals surface area contributed by atoms with Gasteiger partial charge < -0.3 is 16.0 Å². The van der Waals surface area contributed by atoms with Crippen LogP contribution in [0.3, 0.4) is 0 Å². The molecule has 27 heavy (non-hydrogen) atoms. The fraction of sp³-hybridized carbons (Fsp3) is 0.250. The third-order valence-electron chi connectivity index (χ3n) is 4.66. The summed E-state index contributed by atoms with van der Waals surface area (Å²) < 4.78 is 0. The molecule has 0 saturated heterocycles. The lowest BCUT2D eigenvalue weighted by Crippen LogP contribution is -2.28. The van der Waals surface area contributed by atoms with E-state index in [4.69, 9.17) is 0 Å². The van der Waals surface area contributed by atoms with Crippen LogP contribution in [0.15, 0.2) is 42.5 Å². The number of aromatic nitrogens is 2. The average Bonchev–Trinajstić information content (AvgIpc) is 3.12. The zero-order valence-corrected chi connectivity index (χ0v) is 14.8. The zero-order chi connectivity index (χ0) is 18.6. The maximum absolute atomic E-state index is 12.3. The predicted octanol–water partition coefficient (Wildman–Crippen LogP) is 2.68. The largest absolute Gasteiger partial charge is 0.385 e. The molecule has 7 heteroatoms. The number of H-pyrrole nitrogens is 1. The van der Waals surface area contributed by atoms with Crippen LogP contribution in [0.2, 0.25) is 0 Å². The number of hydrogen-bond acceptors (Lipinski definition) is 4. The SMILES string of the molecule is O=C(CCNC(=O)c1n[nH]c2ccccc12)Nc1ccc2c(c1)NCCC2. The highest BCUT2D eigenvalue weighted by molar-refractivity contribution is 6.04. The molecule has 1 aliphatic heterocycles. The molecule has 4 rings (SSSR count). The number of nitrogens with one attached hydrogen (secondary N) is 4. The molecule has 1 aliphatic rings. The first-order valence-electron chi connectivity index (χ1n) is 9.09. The normalized spacial score (nSPS) is 12.9. The fourth-order valence-electron chi connectivity index (χ4n) is 3.27. The number of carbonyl (C=O) groups is 2. The monoisotopic (exact) mass is 363 g/mol. The van der Waals surface area contributed by atoms with E-state index in [9.17, 15) is 9.59 Å². The number of anilines is 2. The summed E-state index contributed by atoms with van der Waals surface area (Å²) in [5.41, 5.74) is 4.27. The van der Waals surface area contributed by atoms with Gasteiger partial charge in [0.15, 0.2) is 5.69 Å². The molecule has 2 aromatic carbocycles. The quantitative estimate of drug-likeness (QED) is 0.560. The van der Waals surface area contributed by atoms with Crippen LogP contribution in [-0.2, 0) is 11.2 Å². The molecule has 0 aliphatic carbocycles. The van der Waals surface area contributed by atoms with Gasteiger partial charge in [-0.3, -0.25) is 14.7 Å². The number of hydrogen-bond donors (Lipinski definition) is 4. The van der Waals surface area contributed by atoms with Crippen molar-refractivity contribution < 1.29 is 9.59 Å². The molecule has 2 heterocycles. The van der Waals surface area contributed by atoms with E-state index in [-0.39, 0.29) is 24.8 Å². The smallest absolute Gasteiger partial charge is 0.272 e. The molecule has 0 radical (unpaired) electrons. The van der Waals surface area contributed by atoms with Crippen molar-refractivity contribution in [3.8, 4) is 0 Å². The number of fused-ring (bicyclic) bond motifs is 2. The molecular formula is C20H21N5O2. The number of benzene rings is 2. The van der Waals surface area contributed by atoms with Crippen LogP contribution >= 0.6 is 0 Å². The van der Waals surface area contributed by atoms with Crippen molar-refractivity contribution in [2.75, 3.05) is 23.7 Å². The lowest BCUT2D eigenvalue weighted by Gasteiger charge is -2.18. The lowest BCUT2D eigenvalue weighted by atomic mass is 10.0. The fourth-order valence-corrected chi connectivity index (χ4v) is 3.27. The standard InChI is InChI=1S/C20H21N5O2/c26-18(23-14-8-7-13-4-3-10-21-17(13)12-14)9-11-22-20(27)19-15-5-1-2-6-16(15)24-25-19/h1-2,5-8,12,21H,3-4,9-11H2,(H,22,27)(H,23,26)(H,24,25). The summed E-state index contributed by atoms with van der Waals surface area (Å²) in [6.45, 7) is 1.20. The van der Waals surface area contributed by atoms with E-state index in [1.54, 1.807) is 0 Å². The van der Waals surface area contributed by atoms with Gasteiger partial charge in [0.1, 0.15) is 0 Å². The van der Waals surface area contributed by atoms with Gasteiger partial charge in [0.2, 0.25) is 5.91 Å². The van der Waals surface area contributed by atoms with Gasteiger partial charge in [0, 0.05) is 36.3 Å². The van der Waals surface area contributed by atoms with E-state index in [1.807, 2.05) is 42.5 Å². The number of nitrogens with zero attached hydrogens (tertiary/aromatic N) is 1. The Morgan fingerprint density at radius 2 is 2.04 bits per heavy atom. The van der Waals surface area contributed by atoms with Crippen molar-refractivity contribution in [3.05, 3.63) is 53.7 Å². The number of carbonyl (C=O) groups excluding carboxylic acids is 2. The summed E-state index contributed by atoms with van der Waals surface area (Å²) in [4.78, 5) is 24.4. The average molecular weight is 363 g/mol. The Bertz CT molecular complexity index is 995. The van der Waals surface area contributed by atoms with Crippen LogP contribution < -0.4 is 16.0 Å². The minimum Gasteiger partial charge on any atom is -0.385 e. The van der Waals surface area contributed by atoms with Gasteiger partial charge in [-0.2, -0.15) is 5.10 Å². The number of rotatable bonds is 5. The second-order valence-corrected chi connectivity index (χ2v) is 6.57. The summed E-state index contributed by atoms with van der Waals surface area (Å²) in [5, 5.41) is 16.6. The molecule has 2 amide bonds. The van der Waals surface area contributed by atoms with Gasteiger partial charge in [0.05, 0.1) is 5.52 Å². The number of aryl methyl sites for hydroxylation is 1. The molecule has 0 fully saturated rings. The predicted molar refractivity (Wildman–Crippen MR) is 105 cm³/mol. The first-order chi connectivity index (χ1) is 13.2. The van der Waals surface area contributed by atoms with Gasteiger partial charge >= 0.3 is 0 Å². The van der Waals surface area contributed by atoms with Crippen LogP contribution in [0.5, 0.6) is 0 Å². The van der Waals surface area contributed by atoms with E-state index in [0.29, 0.717) is 5.69 Å². The van der Waals surface area contributed by atoms with Gasteiger partial charge in [0.25, 0.3) is 5.91 Å². The van der Waals surface area contributed by atoms with Gasteiger partial charge in [-0.05, 0) is 36.6 Å². The highest BCUT2D eigenvalue weighted by Gasteiger charge is 2.14. The Morgan fingerprint density at radius 3 is 2.96 bits per heavy atom. The van der Waals surface area contributed by atoms with Crippen molar-refractivity contribution in [2.24, 2.45) is 0 Å². The molecule has 0 bridgehead atoms. The van der Waals surface area contributed by atoms with Crippen molar-refractivity contribution in [2.45, 2.75) is 19.3 Å². The number of aromatic amines is 1. The molecule has 4 N–H and O–H groups in total. The second-order valence-electron chi connectivity index (χ2n) is 6.57. The summed E-state index contributed by atoms with van der Waals surface area (Å²) in [5.74, 6) is -0.434. The summed E-state index contributed by atoms with van der Waals surface area (Å²) in [6.07, 6.45) is 2.38. The topological polar surface area (TPSA) is 98.9 Å². The third kappa shape index (κ3) is 3.76. The van der Waals surface area contributed by atoms with Crippen LogP contribution in [0.1, 0.15) is 28.9 Å². The molecule has 7 nitrogen and oxygen atoms in total.